The first-order valence-electron chi connectivity index (χ1n) is 5.59. The van der Waals surface area contributed by atoms with Gasteiger partial charge in [0.25, 0.3) is 5.91 Å². The van der Waals surface area contributed by atoms with E-state index in [1.54, 1.807) is 12.1 Å². The van der Waals surface area contributed by atoms with Gasteiger partial charge in [0.15, 0.2) is 0 Å². The highest BCUT2D eigenvalue weighted by atomic mass is 35.5. The van der Waals surface area contributed by atoms with Crippen LogP contribution in [0.2, 0.25) is 5.02 Å². The smallest absolute Gasteiger partial charge is 0.373 e. The fraction of sp³-hybridized carbons (Fsp3) is 0.308. The van der Waals surface area contributed by atoms with Crippen molar-refractivity contribution in [2.24, 2.45) is 0 Å². The van der Waals surface area contributed by atoms with E-state index in [0.29, 0.717) is 13.3 Å². The molecule has 3 nitrogen and oxygen atoms in total. The van der Waals surface area contributed by atoms with Crippen molar-refractivity contribution in [2.75, 3.05) is 5.32 Å². The van der Waals surface area contributed by atoms with Crippen molar-refractivity contribution in [1.29, 1.82) is 0 Å². The first kappa shape index (κ1) is 16.5. The number of halogens is 4. The minimum atomic E-state index is -5.08. The van der Waals surface area contributed by atoms with Crippen molar-refractivity contribution >= 4 is 23.2 Å². The monoisotopic (exact) mass is 307 g/mol. The second-order valence-corrected chi connectivity index (χ2v) is 4.74. The average Bonchev–Trinajstić information content (AvgIpc) is 2.31. The fourth-order valence-corrected chi connectivity index (χ4v) is 1.58. The van der Waals surface area contributed by atoms with Gasteiger partial charge in [-0.25, -0.2) is 0 Å². The van der Waals surface area contributed by atoms with Crippen LogP contribution in [0, 0.1) is 0 Å². The summed E-state index contributed by atoms with van der Waals surface area (Å²) in [7, 11) is 0. The van der Waals surface area contributed by atoms with Gasteiger partial charge in [-0.2, -0.15) is 13.2 Å². The number of carbonyl (C=O) groups excluding carboxylic acids is 1. The van der Waals surface area contributed by atoms with Crippen LogP contribution in [0.5, 0.6) is 0 Å². The van der Waals surface area contributed by atoms with E-state index in [-0.39, 0.29) is 10.7 Å². The maximum absolute atomic E-state index is 12.5. The third-order valence-corrected chi connectivity index (χ3v) is 2.97. The number of carbonyl (C=O) groups is 1. The van der Waals surface area contributed by atoms with Crippen LogP contribution in [-0.2, 0) is 11.2 Å². The first-order chi connectivity index (χ1) is 9.09. The van der Waals surface area contributed by atoms with Gasteiger partial charge in [-0.3, -0.25) is 4.79 Å². The number of anilines is 1. The lowest BCUT2D eigenvalue weighted by molar-refractivity contribution is -0.242. The Hall–Kier alpha value is -1.53. The lowest BCUT2D eigenvalue weighted by Gasteiger charge is -2.25. The van der Waals surface area contributed by atoms with E-state index in [1.165, 1.54) is 12.1 Å². The molecule has 7 heteroatoms. The average molecular weight is 308 g/mol. The molecule has 0 saturated carbocycles. The number of aliphatic hydroxyl groups is 1. The standard InChI is InChI=1S/C13H13ClF3NO2/c1-3-4-8-5-6-10(9(14)7-8)18-11(19)12(2,20)13(15,16)17/h3,5-7,20H,1,4H2,2H3,(H,18,19)/t12-/m1/s1. The molecule has 0 bridgehead atoms. The first-order valence-corrected chi connectivity index (χ1v) is 5.97. The van der Waals surface area contributed by atoms with Gasteiger partial charge in [-0.05, 0) is 31.0 Å². The molecule has 110 valence electrons. The minimum Gasteiger partial charge on any atom is -0.373 e. The minimum absolute atomic E-state index is 0.00555. The van der Waals surface area contributed by atoms with E-state index in [1.807, 2.05) is 5.32 Å². The molecule has 2 N–H and O–H groups in total. The number of allylic oxidation sites excluding steroid dienone is 1. The van der Waals surface area contributed by atoms with E-state index in [4.69, 9.17) is 11.6 Å². The third-order valence-electron chi connectivity index (χ3n) is 2.66. The normalized spacial score (nSPS) is 14.5. The number of benzene rings is 1. The van der Waals surface area contributed by atoms with Gasteiger partial charge in [0, 0.05) is 0 Å². The summed E-state index contributed by atoms with van der Waals surface area (Å²) in [5.41, 5.74) is -2.70. The van der Waals surface area contributed by atoms with Crippen LogP contribution < -0.4 is 5.32 Å². The molecule has 0 aliphatic heterocycles. The zero-order valence-corrected chi connectivity index (χ0v) is 11.3. The predicted octanol–water partition coefficient (Wildman–Crippen LogP) is 3.32. The molecule has 1 rings (SSSR count). The highest BCUT2D eigenvalue weighted by molar-refractivity contribution is 6.33. The van der Waals surface area contributed by atoms with Crippen LogP contribution in [0.15, 0.2) is 30.9 Å². The number of alkyl halides is 3. The molecule has 20 heavy (non-hydrogen) atoms. The number of amides is 1. The molecule has 0 radical (unpaired) electrons. The number of hydrogen-bond donors (Lipinski definition) is 2. The van der Waals surface area contributed by atoms with Crippen LogP contribution in [0.4, 0.5) is 18.9 Å². The highest BCUT2D eigenvalue weighted by Gasteiger charge is 2.55. The molecule has 0 unspecified atom stereocenters. The summed E-state index contributed by atoms with van der Waals surface area (Å²) in [5.74, 6) is -1.59. The van der Waals surface area contributed by atoms with Crippen LogP contribution in [0.1, 0.15) is 12.5 Å². The summed E-state index contributed by atoms with van der Waals surface area (Å²) >= 11 is 5.86. The predicted molar refractivity (Wildman–Crippen MR) is 70.7 cm³/mol. The van der Waals surface area contributed by atoms with Gasteiger partial charge in [0.1, 0.15) is 0 Å². The summed E-state index contributed by atoms with van der Waals surface area (Å²) in [6.45, 7) is 3.92. The van der Waals surface area contributed by atoms with Crippen molar-refractivity contribution in [3.63, 3.8) is 0 Å². The van der Waals surface area contributed by atoms with E-state index >= 15 is 0 Å². The van der Waals surface area contributed by atoms with Crippen molar-refractivity contribution in [2.45, 2.75) is 25.1 Å². The molecule has 0 aromatic heterocycles. The van der Waals surface area contributed by atoms with Gasteiger partial charge < -0.3 is 10.4 Å². The van der Waals surface area contributed by atoms with E-state index < -0.39 is 17.7 Å². The maximum atomic E-state index is 12.5. The highest BCUT2D eigenvalue weighted by Crippen LogP contribution is 2.32. The quantitative estimate of drug-likeness (QED) is 0.838. The van der Waals surface area contributed by atoms with Gasteiger partial charge in [-0.15, -0.1) is 6.58 Å². The third kappa shape index (κ3) is 3.52. The Morgan fingerprint density at radius 2 is 2.10 bits per heavy atom. The summed E-state index contributed by atoms with van der Waals surface area (Å²) in [6.07, 6.45) is -2.90. The molecule has 1 aromatic carbocycles. The Balaban J connectivity index is 2.94. The second-order valence-electron chi connectivity index (χ2n) is 4.33. The Bertz CT molecular complexity index is 527. The number of hydrogen-bond acceptors (Lipinski definition) is 2. The molecular weight excluding hydrogens is 295 g/mol. The van der Waals surface area contributed by atoms with Crippen LogP contribution in [0.3, 0.4) is 0 Å². The number of nitrogens with one attached hydrogen (secondary N) is 1. The Kier molecular flexibility index (Phi) is 4.83. The van der Waals surface area contributed by atoms with E-state index in [9.17, 15) is 23.1 Å². The summed E-state index contributed by atoms with van der Waals surface area (Å²) in [4.78, 5) is 11.5. The van der Waals surface area contributed by atoms with Crippen LogP contribution >= 0.6 is 11.6 Å². The lowest BCUT2D eigenvalue weighted by Crippen LogP contribution is -2.52. The van der Waals surface area contributed by atoms with E-state index in [0.717, 1.165) is 5.56 Å². The Labute approximate surface area is 119 Å². The lowest BCUT2D eigenvalue weighted by atomic mass is 10.1. The molecule has 1 amide bonds. The summed E-state index contributed by atoms with van der Waals surface area (Å²) in [6, 6.07) is 4.46. The molecule has 0 fully saturated rings. The largest absolute Gasteiger partial charge is 0.426 e. The van der Waals surface area contributed by atoms with Gasteiger partial charge in [0.05, 0.1) is 10.7 Å². The van der Waals surface area contributed by atoms with Gasteiger partial charge in [0.2, 0.25) is 5.60 Å². The summed E-state index contributed by atoms with van der Waals surface area (Å²) < 4.78 is 37.5. The molecule has 0 saturated heterocycles. The maximum Gasteiger partial charge on any atom is 0.426 e. The molecule has 0 heterocycles. The molecule has 0 aliphatic rings. The van der Waals surface area contributed by atoms with Crippen LogP contribution in [0.25, 0.3) is 0 Å². The molecular formula is C13H13ClF3NO2. The summed E-state index contributed by atoms with van der Waals surface area (Å²) in [5, 5.41) is 11.3. The second kappa shape index (κ2) is 5.85. The van der Waals surface area contributed by atoms with Crippen molar-refractivity contribution in [3.8, 4) is 0 Å². The van der Waals surface area contributed by atoms with Crippen molar-refractivity contribution in [3.05, 3.63) is 41.4 Å². The molecule has 1 atom stereocenters. The van der Waals surface area contributed by atoms with Crippen molar-refractivity contribution < 1.29 is 23.1 Å². The fourth-order valence-electron chi connectivity index (χ4n) is 1.33. The zero-order valence-electron chi connectivity index (χ0n) is 10.6. The molecule has 1 aromatic rings. The van der Waals surface area contributed by atoms with Crippen molar-refractivity contribution in [1.82, 2.24) is 0 Å². The topological polar surface area (TPSA) is 49.3 Å². The Morgan fingerprint density at radius 3 is 2.55 bits per heavy atom. The van der Waals surface area contributed by atoms with E-state index in [2.05, 4.69) is 6.58 Å². The molecule has 0 spiro atoms. The van der Waals surface area contributed by atoms with Gasteiger partial charge >= 0.3 is 6.18 Å². The van der Waals surface area contributed by atoms with Crippen LogP contribution in [-0.4, -0.2) is 22.8 Å². The SMILES string of the molecule is C=CCc1ccc(NC(=O)[C@@](C)(O)C(F)(F)F)c(Cl)c1. The number of rotatable bonds is 4. The van der Waals surface area contributed by atoms with Gasteiger partial charge in [-0.1, -0.05) is 23.7 Å². The zero-order chi connectivity index (χ0) is 15.6. The molecule has 0 aliphatic carbocycles. The Morgan fingerprint density at radius 1 is 1.50 bits per heavy atom.